The van der Waals surface area contributed by atoms with Crippen LogP contribution in [0.5, 0.6) is 0 Å². The zero-order chi connectivity index (χ0) is 13.6. The molecule has 0 fully saturated rings. The Morgan fingerprint density at radius 3 is 1.20 bits per heavy atom. The standard InChI is InChI=1S/C10H8O6S2.2Na.2H/c11-17(12,13)9-3-1-7-5-10(18(14,15)16)4-2-8(7)6-9;;;;/h1-6H,(H,11,12,13)(H,14,15,16);;;;. The van der Waals surface area contributed by atoms with Gasteiger partial charge in [-0.3, -0.25) is 9.11 Å². The fraction of sp³-hybridized carbons (Fsp3) is 0. The molecule has 0 spiro atoms. The van der Waals surface area contributed by atoms with E-state index >= 15 is 0 Å². The van der Waals surface area contributed by atoms with Crippen LogP contribution in [0.15, 0.2) is 46.2 Å². The molecule has 2 rings (SSSR count). The fourth-order valence-corrected chi connectivity index (χ4v) is 2.55. The number of fused-ring (bicyclic) bond motifs is 1. The first kappa shape index (κ1) is 20.5. The van der Waals surface area contributed by atoms with Crippen LogP contribution in [0.1, 0.15) is 0 Å². The topological polar surface area (TPSA) is 109 Å². The quantitative estimate of drug-likeness (QED) is 0.592. The van der Waals surface area contributed by atoms with Gasteiger partial charge in [-0.15, -0.1) is 0 Å². The summed E-state index contributed by atoms with van der Waals surface area (Å²) in [5.74, 6) is 0. The van der Waals surface area contributed by atoms with Crippen molar-refractivity contribution in [2.75, 3.05) is 0 Å². The van der Waals surface area contributed by atoms with Crippen LogP contribution in [0.4, 0.5) is 0 Å². The monoisotopic (exact) mass is 336 g/mol. The van der Waals surface area contributed by atoms with Crippen LogP contribution >= 0.6 is 0 Å². The minimum absolute atomic E-state index is 0. The van der Waals surface area contributed by atoms with E-state index in [2.05, 4.69) is 0 Å². The molecular formula is C10H10Na2O6S2. The molecule has 0 radical (unpaired) electrons. The van der Waals surface area contributed by atoms with E-state index in [1.54, 1.807) is 0 Å². The molecule has 0 aliphatic rings. The predicted molar refractivity (Wildman–Crippen MR) is 77.9 cm³/mol. The van der Waals surface area contributed by atoms with Crippen molar-refractivity contribution in [2.45, 2.75) is 9.79 Å². The van der Waals surface area contributed by atoms with Crippen LogP contribution in [0.2, 0.25) is 0 Å². The van der Waals surface area contributed by atoms with Gasteiger partial charge in [0, 0.05) is 0 Å². The third-order valence-electron chi connectivity index (χ3n) is 2.38. The molecule has 0 saturated heterocycles. The fourth-order valence-electron chi connectivity index (χ4n) is 1.52. The molecule has 0 aromatic heterocycles. The van der Waals surface area contributed by atoms with Gasteiger partial charge < -0.3 is 0 Å². The molecule has 6 nitrogen and oxygen atoms in total. The summed E-state index contributed by atoms with van der Waals surface area (Å²) in [5, 5.41) is 0.857. The normalized spacial score (nSPS) is 11.5. The molecule has 0 bridgehead atoms. The van der Waals surface area contributed by atoms with Crippen LogP contribution in [-0.2, 0) is 20.2 Å². The van der Waals surface area contributed by atoms with E-state index in [0.717, 1.165) is 12.1 Å². The molecule has 0 saturated carbocycles. The molecule has 2 aromatic carbocycles. The summed E-state index contributed by atoms with van der Waals surface area (Å²) < 4.78 is 61.4. The molecule has 2 N–H and O–H groups in total. The van der Waals surface area contributed by atoms with E-state index in [4.69, 9.17) is 9.11 Å². The van der Waals surface area contributed by atoms with E-state index in [1.165, 1.54) is 24.3 Å². The number of rotatable bonds is 2. The van der Waals surface area contributed by atoms with Crippen LogP contribution in [-0.4, -0.2) is 85.1 Å². The summed E-state index contributed by atoms with van der Waals surface area (Å²) in [4.78, 5) is -0.566. The molecule has 0 aliphatic heterocycles. The maximum absolute atomic E-state index is 10.9. The predicted octanol–water partition coefficient (Wildman–Crippen LogP) is 0.0362. The van der Waals surface area contributed by atoms with Crippen molar-refractivity contribution in [1.82, 2.24) is 0 Å². The zero-order valence-corrected chi connectivity index (χ0v) is 10.4. The average Bonchev–Trinajstić information content (AvgIpc) is 2.25. The van der Waals surface area contributed by atoms with E-state index in [9.17, 15) is 16.8 Å². The first-order valence-corrected chi connectivity index (χ1v) is 7.55. The van der Waals surface area contributed by atoms with Gasteiger partial charge in [0.15, 0.2) is 0 Å². The summed E-state index contributed by atoms with van der Waals surface area (Å²) in [5.41, 5.74) is 0. The Hall–Kier alpha value is 0.520. The first-order chi connectivity index (χ1) is 8.18. The van der Waals surface area contributed by atoms with E-state index in [0.29, 0.717) is 10.8 Å². The van der Waals surface area contributed by atoms with Crippen LogP contribution in [0, 0.1) is 0 Å². The van der Waals surface area contributed by atoms with Crippen molar-refractivity contribution in [2.24, 2.45) is 0 Å². The number of benzene rings is 2. The third-order valence-corrected chi connectivity index (χ3v) is 4.08. The number of hydrogen-bond donors (Lipinski definition) is 2. The van der Waals surface area contributed by atoms with Gasteiger partial charge in [0.05, 0.1) is 9.79 Å². The molecule has 0 heterocycles. The SMILES string of the molecule is O=S(=O)(O)c1ccc2cc(S(=O)(=O)O)ccc2c1.[NaH].[NaH]. The van der Waals surface area contributed by atoms with Crippen LogP contribution in [0.3, 0.4) is 0 Å². The minimum atomic E-state index is -4.30. The Labute approximate surface area is 160 Å². The summed E-state index contributed by atoms with van der Waals surface area (Å²) in [7, 11) is -8.60. The second kappa shape index (κ2) is 7.19. The summed E-state index contributed by atoms with van der Waals surface area (Å²) in [6.45, 7) is 0. The molecule has 0 aliphatic carbocycles. The van der Waals surface area contributed by atoms with Gasteiger partial charge in [-0.25, -0.2) is 0 Å². The van der Waals surface area contributed by atoms with Crippen molar-refractivity contribution in [3.05, 3.63) is 36.4 Å². The number of hydrogen-bond acceptors (Lipinski definition) is 4. The van der Waals surface area contributed by atoms with Crippen molar-refractivity contribution < 1.29 is 25.9 Å². The molecular weight excluding hydrogens is 326 g/mol. The van der Waals surface area contributed by atoms with Crippen LogP contribution < -0.4 is 0 Å². The van der Waals surface area contributed by atoms with Gasteiger partial charge in [0.1, 0.15) is 0 Å². The summed E-state index contributed by atoms with van der Waals surface area (Å²) in [6.07, 6.45) is 0. The van der Waals surface area contributed by atoms with Gasteiger partial charge >= 0.3 is 59.1 Å². The van der Waals surface area contributed by atoms with Crippen molar-refractivity contribution in [3.8, 4) is 0 Å². The molecule has 2 aromatic rings. The van der Waals surface area contributed by atoms with E-state index < -0.39 is 20.2 Å². The van der Waals surface area contributed by atoms with Crippen molar-refractivity contribution >= 4 is 90.1 Å². The van der Waals surface area contributed by atoms with Crippen molar-refractivity contribution in [3.63, 3.8) is 0 Å². The molecule has 0 amide bonds. The van der Waals surface area contributed by atoms with Crippen molar-refractivity contribution in [1.29, 1.82) is 0 Å². The molecule has 0 atom stereocenters. The second-order valence-corrected chi connectivity index (χ2v) is 6.46. The van der Waals surface area contributed by atoms with Gasteiger partial charge in [0.2, 0.25) is 0 Å². The summed E-state index contributed by atoms with van der Waals surface area (Å²) in [6, 6.07) is 7.38. The Balaban J connectivity index is 0.00000180. The second-order valence-electron chi connectivity index (χ2n) is 3.62. The van der Waals surface area contributed by atoms with Gasteiger partial charge in [-0.1, -0.05) is 12.1 Å². The zero-order valence-electron chi connectivity index (χ0n) is 8.81. The Bertz CT molecular complexity index is 759. The molecule has 0 unspecified atom stereocenters. The summed E-state index contributed by atoms with van der Waals surface area (Å²) >= 11 is 0. The average molecular weight is 336 g/mol. The van der Waals surface area contributed by atoms with E-state index in [1.807, 2.05) is 0 Å². The van der Waals surface area contributed by atoms with Gasteiger partial charge in [-0.2, -0.15) is 16.8 Å². The maximum atomic E-state index is 10.9. The first-order valence-electron chi connectivity index (χ1n) is 4.67. The Kier molecular flexibility index (Phi) is 7.37. The third kappa shape index (κ3) is 4.77. The Morgan fingerprint density at radius 1 is 0.650 bits per heavy atom. The molecule has 100 valence electrons. The molecule has 10 heteroatoms. The van der Waals surface area contributed by atoms with Gasteiger partial charge in [0.25, 0.3) is 20.2 Å². The molecule has 20 heavy (non-hydrogen) atoms. The van der Waals surface area contributed by atoms with E-state index in [-0.39, 0.29) is 68.9 Å². The Morgan fingerprint density at radius 2 is 0.950 bits per heavy atom. The van der Waals surface area contributed by atoms with Gasteiger partial charge in [-0.05, 0) is 35.0 Å². The van der Waals surface area contributed by atoms with Crippen LogP contribution in [0.25, 0.3) is 10.8 Å².